The van der Waals surface area contributed by atoms with Gasteiger partial charge in [-0.1, -0.05) is 46.4 Å². The Morgan fingerprint density at radius 1 is 1.16 bits per heavy atom. The number of allylic oxidation sites excluding steroid dienone is 1. The van der Waals surface area contributed by atoms with Gasteiger partial charge in [0, 0.05) is 12.3 Å². The molecule has 2 fully saturated rings. The zero-order valence-corrected chi connectivity index (χ0v) is 14.3. The van der Waals surface area contributed by atoms with Crippen LogP contribution in [0.25, 0.3) is 0 Å². The van der Waals surface area contributed by atoms with Crippen molar-refractivity contribution >= 4 is 81.9 Å². The van der Waals surface area contributed by atoms with Gasteiger partial charge in [0.15, 0.2) is 10.9 Å². The summed E-state index contributed by atoms with van der Waals surface area (Å²) < 4.78 is 5.30. The smallest absolute Gasteiger partial charge is 0.378 e. The van der Waals surface area contributed by atoms with E-state index < -0.39 is 26.1 Å². The van der Waals surface area contributed by atoms with Gasteiger partial charge in [-0.15, -0.1) is 23.2 Å². The molecular formula is C9H6Cl6O3S. The van der Waals surface area contributed by atoms with E-state index in [-0.39, 0.29) is 16.7 Å². The molecule has 2 aliphatic carbocycles. The number of rotatable bonds is 0. The van der Waals surface area contributed by atoms with Crippen LogP contribution in [0.15, 0.2) is 10.1 Å². The maximum atomic E-state index is 11.3. The Bertz CT molecular complexity index is 435. The molecule has 3 rings (SSSR count). The maximum Gasteiger partial charge on any atom is 0.378 e. The normalized spacial score (nSPS) is 49.4. The molecule has 108 valence electrons. The lowest BCUT2D eigenvalue weighted by Gasteiger charge is -2.33. The Labute approximate surface area is 144 Å². The van der Waals surface area contributed by atoms with Crippen LogP contribution in [-0.2, 0) is 8.15 Å². The van der Waals surface area contributed by atoms with Gasteiger partial charge in [0.2, 0.25) is 0 Å². The largest absolute Gasteiger partial charge is 0.516 e. The van der Waals surface area contributed by atoms with Gasteiger partial charge in [0.1, 0.15) is 15.9 Å². The molecule has 10 heteroatoms. The average Bonchev–Trinajstić information content (AvgIpc) is 2.54. The van der Waals surface area contributed by atoms with E-state index in [0.717, 1.165) is 0 Å². The first-order valence-corrected chi connectivity index (χ1v) is 8.16. The summed E-state index contributed by atoms with van der Waals surface area (Å²) in [5.41, 5.74) is 0. The lowest BCUT2D eigenvalue weighted by atomic mass is 9.87. The summed E-state index contributed by atoms with van der Waals surface area (Å²) in [6, 6.07) is 0. The number of hydrogen-bond acceptors (Lipinski definition) is 3. The highest BCUT2D eigenvalue weighted by Crippen LogP contribution is 2.75. The minimum Gasteiger partial charge on any atom is -0.516 e. The van der Waals surface area contributed by atoms with Crippen molar-refractivity contribution in [3.8, 4) is 0 Å². The molecule has 3 nitrogen and oxygen atoms in total. The maximum absolute atomic E-state index is 11.3. The highest BCUT2D eigenvalue weighted by atomic mass is 35.5. The number of halogens is 6. The topological polar surface area (TPSA) is 35.0 Å². The van der Waals surface area contributed by atoms with E-state index in [4.69, 9.17) is 73.8 Å². The van der Waals surface area contributed by atoms with Gasteiger partial charge in [-0.05, 0) is 0 Å². The molecule has 4 atom stereocenters. The van der Waals surface area contributed by atoms with Gasteiger partial charge >= 0.3 is 12.3 Å². The minimum absolute atomic E-state index is 0.0713. The zero-order valence-electron chi connectivity index (χ0n) is 8.97. The third-order valence-corrected chi connectivity index (χ3v) is 8.72. The van der Waals surface area contributed by atoms with Crippen LogP contribution in [0.1, 0.15) is 6.42 Å². The lowest BCUT2D eigenvalue weighted by Crippen LogP contribution is -2.46. The van der Waals surface area contributed by atoms with Gasteiger partial charge in [-0.2, -0.15) is 0 Å². The molecule has 4 unspecified atom stereocenters. The molecule has 1 saturated carbocycles. The summed E-state index contributed by atoms with van der Waals surface area (Å²) in [6.45, 7) is 0.124. The second-order valence-electron chi connectivity index (χ2n) is 4.61. The summed E-state index contributed by atoms with van der Waals surface area (Å²) in [5, 5.41) is 11.5. The summed E-state index contributed by atoms with van der Waals surface area (Å²) in [6.07, 6.45) is -0.348. The van der Waals surface area contributed by atoms with Gasteiger partial charge in [-0.25, -0.2) is 4.18 Å². The second kappa shape index (κ2) is 4.60. The Hall–Kier alpha value is 1.71. The van der Waals surface area contributed by atoms with Crippen molar-refractivity contribution in [3.63, 3.8) is 0 Å². The fourth-order valence-corrected chi connectivity index (χ4v) is 6.49. The standard InChI is InChI=1S/C9H6Cl6O3S/c10-4-5(11)8(13)6-3(1-2-18(16)19-17-6)7(4,12)9(8,14)15/h3,6H,1-2H2. The van der Waals surface area contributed by atoms with E-state index in [1.165, 1.54) is 3.96 Å². The number of fused-ring (bicyclic) bond motifs is 5. The molecule has 0 N–H and O–H groups in total. The molecule has 3 aliphatic rings. The Morgan fingerprint density at radius 3 is 2.37 bits per heavy atom. The van der Waals surface area contributed by atoms with Gasteiger partial charge in [0.05, 0.1) is 10.1 Å². The number of hydrogen-bond donors (Lipinski definition) is 0. The summed E-state index contributed by atoms with van der Waals surface area (Å²) in [5.74, 6) is -0.421. The molecule has 0 spiro atoms. The van der Waals surface area contributed by atoms with E-state index >= 15 is 0 Å². The Balaban J connectivity index is 2.16. The van der Waals surface area contributed by atoms with Crippen LogP contribution in [0, 0.1) is 5.92 Å². The molecule has 0 aromatic carbocycles. The van der Waals surface area contributed by atoms with Crippen LogP contribution < -0.4 is 5.26 Å². The quantitative estimate of drug-likeness (QED) is 0.267. The summed E-state index contributed by atoms with van der Waals surface area (Å²) in [4.78, 5) is -2.84. The van der Waals surface area contributed by atoms with E-state index in [0.29, 0.717) is 18.7 Å². The van der Waals surface area contributed by atoms with Crippen LogP contribution in [0.4, 0.5) is 0 Å². The van der Waals surface area contributed by atoms with Crippen molar-refractivity contribution < 1.29 is 13.4 Å². The van der Waals surface area contributed by atoms with Crippen molar-refractivity contribution in [2.75, 3.05) is 6.61 Å². The molecule has 1 saturated heterocycles. The fraction of sp³-hybridized carbons (Fsp3) is 0.778. The molecule has 2 bridgehead atoms. The molecule has 1 aliphatic heterocycles. The van der Waals surface area contributed by atoms with Crippen molar-refractivity contribution in [1.29, 1.82) is 0 Å². The highest BCUT2D eigenvalue weighted by molar-refractivity contribution is 7.90. The van der Waals surface area contributed by atoms with E-state index in [1.54, 1.807) is 0 Å². The van der Waals surface area contributed by atoms with Crippen molar-refractivity contribution in [1.82, 2.24) is 0 Å². The molecular weight excluding hydrogens is 401 g/mol. The first-order valence-electron chi connectivity index (χ1n) is 5.23. The van der Waals surface area contributed by atoms with Crippen LogP contribution >= 0.6 is 81.9 Å². The van der Waals surface area contributed by atoms with Crippen molar-refractivity contribution in [2.24, 2.45) is 5.92 Å². The molecule has 0 radical (unpaired) electrons. The van der Waals surface area contributed by atoms with Crippen LogP contribution in [0.3, 0.4) is 0 Å². The Kier molecular flexibility index (Phi) is 3.78. The summed E-state index contributed by atoms with van der Waals surface area (Å²) >= 11 is 38.8. The number of alkyl halides is 4. The van der Waals surface area contributed by atoms with Crippen LogP contribution in [0.2, 0.25) is 0 Å². The highest BCUT2D eigenvalue weighted by Gasteiger charge is 2.83. The molecule has 0 aromatic heterocycles. The predicted octanol–water partition coefficient (Wildman–Crippen LogP) is 3.63. The van der Waals surface area contributed by atoms with Crippen molar-refractivity contribution in [3.05, 3.63) is 10.1 Å². The van der Waals surface area contributed by atoms with E-state index in [9.17, 15) is 5.26 Å². The monoisotopic (exact) mass is 404 g/mol. The summed E-state index contributed by atoms with van der Waals surface area (Å²) in [7, 11) is 0. The van der Waals surface area contributed by atoms with Gasteiger partial charge in [-0.3, -0.25) is 0 Å². The minimum atomic E-state index is -1.62. The Morgan fingerprint density at radius 2 is 1.74 bits per heavy atom. The first-order chi connectivity index (χ1) is 8.69. The third-order valence-electron chi connectivity index (χ3n) is 3.83. The zero-order chi connectivity index (χ0) is 14.2. The predicted molar refractivity (Wildman–Crippen MR) is 76.9 cm³/mol. The molecule has 1 heterocycles. The van der Waals surface area contributed by atoms with Crippen LogP contribution in [-0.4, -0.2) is 26.8 Å². The average molecular weight is 407 g/mol. The van der Waals surface area contributed by atoms with Gasteiger partial charge < -0.3 is 9.22 Å². The van der Waals surface area contributed by atoms with Crippen molar-refractivity contribution in [2.45, 2.75) is 26.6 Å². The molecule has 19 heavy (non-hydrogen) atoms. The lowest BCUT2D eigenvalue weighted by molar-refractivity contribution is -0.731. The fourth-order valence-electron chi connectivity index (χ4n) is 2.87. The SMILES string of the molecule is [O-][O+]1CCC2C(OS1)C1(Cl)C(Cl)=C(Cl)C2(Cl)C1(Cl)Cl. The van der Waals surface area contributed by atoms with E-state index in [1.807, 2.05) is 0 Å². The molecule has 0 aromatic rings. The third kappa shape index (κ3) is 1.62. The molecule has 0 amide bonds. The van der Waals surface area contributed by atoms with Crippen LogP contribution in [0.5, 0.6) is 0 Å². The first kappa shape index (κ1) is 15.6. The van der Waals surface area contributed by atoms with E-state index in [2.05, 4.69) is 0 Å². The second-order valence-corrected chi connectivity index (χ2v) is 8.59. The van der Waals surface area contributed by atoms with Gasteiger partial charge in [0.25, 0.3) is 0 Å².